The van der Waals surface area contributed by atoms with E-state index in [0.29, 0.717) is 0 Å². The highest BCUT2D eigenvalue weighted by Gasteiger charge is 2.68. The molecule has 0 amide bonds. The fourth-order valence-corrected chi connectivity index (χ4v) is 1.98. The van der Waals surface area contributed by atoms with Crippen molar-refractivity contribution in [3.8, 4) is 18.2 Å². The van der Waals surface area contributed by atoms with Gasteiger partial charge in [0.1, 0.15) is 0 Å². The van der Waals surface area contributed by atoms with Gasteiger partial charge in [-0.3, -0.25) is 0 Å². The molecule has 2 rings (SSSR count). The molecule has 0 saturated heterocycles. The van der Waals surface area contributed by atoms with Crippen LogP contribution in [-0.4, -0.2) is 0 Å². The van der Waals surface area contributed by atoms with E-state index in [4.69, 9.17) is 15.8 Å². The first kappa shape index (κ1) is 9.25. The van der Waals surface area contributed by atoms with Crippen molar-refractivity contribution in [1.82, 2.24) is 0 Å². The van der Waals surface area contributed by atoms with Gasteiger partial charge in [0.2, 0.25) is 0 Å². The molecule has 0 spiro atoms. The molecular formula is C12H7N3. The summed E-state index contributed by atoms with van der Waals surface area (Å²) in [6.07, 6.45) is 0. The Morgan fingerprint density at radius 2 is 1.60 bits per heavy atom. The van der Waals surface area contributed by atoms with Crippen molar-refractivity contribution in [2.24, 2.45) is 11.3 Å². The summed E-state index contributed by atoms with van der Waals surface area (Å²) in [5, 5.41) is 26.8. The van der Waals surface area contributed by atoms with E-state index in [1.165, 1.54) is 0 Å². The molecule has 15 heavy (non-hydrogen) atoms. The number of hydrogen-bond acceptors (Lipinski definition) is 3. The first-order chi connectivity index (χ1) is 7.30. The third-order valence-corrected chi connectivity index (χ3v) is 2.87. The van der Waals surface area contributed by atoms with E-state index >= 15 is 0 Å². The Hall–Kier alpha value is -2.31. The summed E-state index contributed by atoms with van der Waals surface area (Å²) in [5.74, 6) is -0.742. The van der Waals surface area contributed by atoms with Crippen molar-refractivity contribution in [2.75, 3.05) is 0 Å². The molecule has 2 unspecified atom stereocenters. The Labute approximate surface area is 87.8 Å². The molecule has 1 aromatic carbocycles. The van der Waals surface area contributed by atoms with Crippen LogP contribution in [0.15, 0.2) is 30.3 Å². The van der Waals surface area contributed by atoms with E-state index in [0.717, 1.165) is 5.56 Å². The minimum absolute atomic E-state index is 0.251. The maximum absolute atomic E-state index is 8.97. The molecular weight excluding hydrogens is 186 g/mol. The molecule has 0 aliphatic heterocycles. The van der Waals surface area contributed by atoms with Crippen LogP contribution in [0.2, 0.25) is 0 Å². The van der Waals surface area contributed by atoms with Crippen LogP contribution in [0.5, 0.6) is 0 Å². The van der Waals surface area contributed by atoms with E-state index in [1.54, 1.807) is 0 Å². The lowest BCUT2D eigenvalue weighted by Crippen LogP contribution is -1.96. The Kier molecular flexibility index (Phi) is 1.93. The summed E-state index contributed by atoms with van der Waals surface area (Å²) in [5.41, 5.74) is -0.233. The molecule has 2 atom stereocenters. The fourth-order valence-electron chi connectivity index (χ4n) is 1.98. The van der Waals surface area contributed by atoms with Crippen LogP contribution in [0.25, 0.3) is 0 Å². The molecule has 1 fully saturated rings. The van der Waals surface area contributed by atoms with Gasteiger partial charge in [0.15, 0.2) is 5.41 Å². The van der Waals surface area contributed by atoms with E-state index in [9.17, 15) is 0 Å². The van der Waals surface area contributed by atoms with Crippen LogP contribution in [0.3, 0.4) is 0 Å². The van der Waals surface area contributed by atoms with Crippen molar-refractivity contribution in [1.29, 1.82) is 15.8 Å². The second-order valence-electron chi connectivity index (χ2n) is 3.59. The van der Waals surface area contributed by atoms with Crippen LogP contribution < -0.4 is 0 Å². The standard InChI is InChI=1S/C12H7N3/c13-6-10-11(12(10,7-14)8-15)9-4-2-1-3-5-9/h1-5,10-11H. The molecule has 1 aromatic rings. The Bertz CT molecular complexity index is 484. The molecule has 3 nitrogen and oxygen atoms in total. The summed E-state index contributed by atoms with van der Waals surface area (Å²) >= 11 is 0. The number of rotatable bonds is 1. The van der Waals surface area contributed by atoms with E-state index in [-0.39, 0.29) is 5.92 Å². The summed E-state index contributed by atoms with van der Waals surface area (Å²) in [6.45, 7) is 0. The number of nitriles is 3. The van der Waals surface area contributed by atoms with Gasteiger partial charge in [0.05, 0.1) is 24.1 Å². The molecule has 1 saturated carbocycles. The minimum atomic E-state index is -1.13. The van der Waals surface area contributed by atoms with Gasteiger partial charge in [-0.1, -0.05) is 30.3 Å². The first-order valence-corrected chi connectivity index (χ1v) is 4.57. The highest BCUT2D eigenvalue weighted by molar-refractivity contribution is 5.47. The zero-order chi connectivity index (χ0) is 10.9. The minimum Gasteiger partial charge on any atom is -0.198 e. The number of hydrogen-bond donors (Lipinski definition) is 0. The van der Waals surface area contributed by atoms with Crippen molar-refractivity contribution in [3.05, 3.63) is 35.9 Å². The molecule has 0 aromatic heterocycles. The molecule has 0 radical (unpaired) electrons. The maximum Gasteiger partial charge on any atom is 0.168 e. The molecule has 70 valence electrons. The van der Waals surface area contributed by atoms with Gasteiger partial charge in [-0.2, -0.15) is 15.8 Å². The van der Waals surface area contributed by atoms with Crippen LogP contribution in [-0.2, 0) is 0 Å². The molecule has 0 heterocycles. The SMILES string of the molecule is N#CC1C(c2ccccc2)C1(C#N)C#N. The lowest BCUT2D eigenvalue weighted by atomic mass is 10.0. The smallest absolute Gasteiger partial charge is 0.168 e. The second-order valence-corrected chi connectivity index (χ2v) is 3.59. The second kappa shape index (κ2) is 3.12. The molecule has 3 heteroatoms. The predicted octanol–water partition coefficient (Wildman–Crippen LogP) is 1.96. The van der Waals surface area contributed by atoms with Crippen LogP contribution in [0, 0.1) is 45.3 Å². The van der Waals surface area contributed by atoms with Crippen molar-refractivity contribution < 1.29 is 0 Å². The highest BCUT2D eigenvalue weighted by Crippen LogP contribution is 2.63. The van der Waals surface area contributed by atoms with Gasteiger partial charge < -0.3 is 0 Å². The maximum atomic E-state index is 8.97. The molecule has 0 bridgehead atoms. The third kappa shape index (κ3) is 1.09. The van der Waals surface area contributed by atoms with Gasteiger partial charge in [-0.25, -0.2) is 0 Å². The van der Waals surface area contributed by atoms with Crippen molar-refractivity contribution in [3.63, 3.8) is 0 Å². The van der Waals surface area contributed by atoms with Gasteiger partial charge >= 0.3 is 0 Å². The third-order valence-electron chi connectivity index (χ3n) is 2.87. The summed E-state index contributed by atoms with van der Waals surface area (Å²) in [4.78, 5) is 0. The lowest BCUT2D eigenvalue weighted by molar-refractivity contribution is 0.814. The van der Waals surface area contributed by atoms with Gasteiger partial charge in [-0.05, 0) is 5.56 Å². The van der Waals surface area contributed by atoms with E-state index < -0.39 is 11.3 Å². The predicted molar refractivity (Wildman–Crippen MR) is 51.9 cm³/mol. The average Bonchev–Trinajstić information content (AvgIpc) is 2.98. The van der Waals surface area contributed by atoms with E-state index in [2.05, 4.69) is 0 Å². The zero-order valence-corrected chi connectivity index (χ0v) is 7.88. The zero-order valence-electron chi connectivity index (χ0n) is 7.88. The Morgan fingerprint density at radius 1 is 1.00 bits per heavy atom. The van der Waals surface area contributed by atoms with Crippen LogP contribution in [0.4, 0.5) is 0 Å². The Morgan fingerprint density at radius 3 is 2.00 bits per heavy atom. The van der Waals surface area contributed by atoms with Gasteiger partial charge in [0.25, 0.3) is 0 Å². The largest absolute Gasteiger partial charge is 0.198 e. The lowest BCUT2D eigenvalue weighted by Gasteiger charge is -1.97. The summed E-state index contributed by atoms with van der Waals surface area (Å²) in [6, 6.07) is 15.2. The fraction of sp³-hybridized carbons (Fsp3) is 0.250. The van der Waals surface area contributed by atoms with Crippen LogP contribution in [0.1, 0.15) is 11.5 Å². The van der Waals surface area contributed by atoms with Crippen molar-refractivity contribution in [2.45, 2.75) is 5.92 Å². The number of benzene rings is 1. The monoisotopic (exact) mass is 193 g/mol. The molecule has 1 aliphatic carbocycles. The average molecular weight is 193 g/mol. The molecule has 0 N–H and O–H groups in total. The quantitative estimate of drug-likeness (QED) is 0.684. The molecule has 1 aliphatic rings. The number of nitrogens with zero attached hydrogens (tertiary/aromatic N) is 3. The van der Waals surface area contributed by atoms with Crippen LogP contribution >= 0.6 is 0 Å². The first-order valence-electron chi connectivity index (χ1n) is 4.57. The summed E-state index contributed by atoms with van der Waals surface area (Å²) in [7, 11) is 0. The highest BCUT2D eigenvalue weighted by atomic mass is 14.7. The van der Waals surface area contributed by atoms with Gasteiger partial charge in [0, 0.05) is 5.92 Å². The van der Waals surface area contributed by atoms with Crippen molar-refractivity contribution >= 4 is 0 Å². The summed E-state index contributed by atoms with van der Waals surface area (Å²) < 4.78 is 0. The normalized spacial score (nSPS) is 25.7. The van der Waals surface area contributed by atoms with E-state index in [1.807, 2.05) is 48.5 Å². The van der Waals surface area contributed by atoms with Gasteiger partial charge in [-0.15, -0.1) is 0 Å². The topological polar surface area (TPSA) is 71.4 Å². The Balaban J connectivity index is 2.41.